The van der Waals surface area contributed by atoms with E-state index in [2.05, 4.69) is 23.2 Å². The summed E-state index contributed by atoms with van der Waals surface area (Å²) >= 11 is 0. The van der Waals surface area contributed by atoms with Gasteiger partial charge in [0.25, 0.3) is 5.91 Å². The zero-order chi connectivity index (χ0) is 19.9. The van der Waals surface area contributed by atoms with Crippen LogP contribution in [0.1, 0.15) is 54.1 Å². The molecule has 0 aromatic heterocycles. The molecule has 3 aliphatic rings. The van der Waals surface area contributed by atoms with Gasteiger partial charge in [-0.1, -0.05) is 19.1 Å². The standard InChI is InChI=1S/C21H28N4O3/c1-21(12-22)8-3-9-24(13-21)10-14-4-2-5-15-16(14)11-25(20(15)28)17-6-7-18(26)23-19(17)27/h2,4-5,17H,3,6-13,22H2,1H3,(H,23,26,27). The number of amides is 3. The van der Waals surface area contributed by atoms with Crippen LogP contribution in [0.4, 0.5) is 0 Å². The number of fused-ring (bicyclic) bond motifs is 1. The summed E-state index contributed by atoms with van der Waals surface area (Å²) < 4.78 is 0. The van der Waals surface area contributed by atoms with Gasteiger partial charge in [-0.05, 0) is 55.0 Å². The van der Waals surface area contributed by atoms with Crippen LogP contribution < -0.4 is 11.1 Å². The molecule has 3 amide bonds. The summed E-state index contributed by atoms with van der Waals surface area (Å²) in [5.41, 5.74) is 8.96. The van der Waals surface area contributed by atoms with Crippen molar-refractivity contribution in [2.75, 3.05) is 19.6 Å². The van der Waals surface area contributed by atoms with Gasteiger partial charge >= 0.3 is 0 Å². The Hall–Kier alpha value is -2.25. The highest BCUT2D eigenvalue weighted by Crippen LogP contribution is 2.33. The molecule has 0 aliphatic carbocycles. The third-order valence-corrected chi connectivity index (χ3v) is 6.43. The van der Waals surface area contributed by atoms with Crippen molar-refractivity contribution in [3.63, 3.8) is 0 Å². The molecule has 0 bridgehead atoms. The van der Waals surface area contributed by atoms with Gasteiger partial charge in [-0.25, -0.2) is 0 Å². The fraction of sp³-hybridized carbons (Fsp3) is 0.571. The van der Waals surface area contributed by atoms with Crippen LogP contribution in [0.3, 0.4) is 0 Å². The molecule has 3 heterocycles. The Kier molecular flexibility index (Phi) is 4.97. The summed E-state index contributed by atoms with van der Waals surface area (Å²) in [4.78, 5) is 40.7. The Bertz CT molecular complexity index is 824. The van der Waals surface area contributed by atoms with Crippen molar-refractivity contribution >= 4 is 17.7 Å². The summed E-state index contributed by atoms with van der Waals surface area (Å²) in [5.74, 6) is -0.746. The minimum absolute atomic E-state index is 0.114. The number of rotatable bonds is 4. The SMILES string of the molecule is CC1(CN)CCCN(Cc2cccc3c2CN(C2CCC(=O)NC2=O)C3=O)C1. The van der Waals surface area contributed by atoms with Crippen LogP contribution in [0, 0.1) is 5.41 Å². The molecule has 1 aromatic carbocycles. The normalized spacial score (nSPS) is 28.4. The Balaban J connectivity index is 1.53. The van der Waals surface area contributed by atoms with Crippen LogP contribution in [0.5, 0.6) is 0 Å². The van der Waals surface area contributed by atoms with Crippen LogP contribution in [0.2, 0.25) is 0 Å². The van der Waals surface area contributed by atoms with E-state index in [1.54, 1.807) is 4.90 Å². The van der Waals surface area contributed by atoms with Crippen LogP contribution in [-0.4, -0.2) is 53.2 Å². The molecule has 2 atom stereocenters. The fourth-order valence-corrected chi connectivity index (χ4v) is 4.77. The van der Waals surface area contributed by atoms with Crippen LogP contribution in [-0.2, 0) is 22.7 Å². The van der Waals surface area contributed by atoms with Crippen molar-refractivity contribution < 1.29 is 14.4 Å². The van der Waals surface area contributed by atoms with Crippen LogP contribution in [0.15, 0.2) is 18.2 Å². The minimum atomic E-state index is -0.569. The first-order valence-corrected chi connectivity index (χ1v) is 10.1. The maximum Gasteiger partial charge on any atom is 0.255 e. The van der Waals surface area contributed by atoms with Gasteiger partial charge in [0.15, 0.2) is 0 Å². The molecule has 28 heavy (non-hydrogen) atoms. The predicted molar refractivity (Wildman–Crippen MR) is 104 cm³/mol. The number of likely N-dealkylation sites (tertiary alicyclic amines) is 1. The molecular formula is C21H28N4O3. The summed E-state index contributed by atoms with van der Waals surface area (Å²) in [7, 11) is 0. The van der Waals surface area contributed by atoms with Gasteiger partial charge in [-0.2, -0.15) is 0 Å². The van der Waals surface area contributed by atoms with Gasteiger partial charge in [-0.15, -0.1) is 0 Å². The smallest absolute Gasteiger partial charge is 0.255 e. The quantitative estimate of drug-likeness (QED) is 0.756. The number of nitrogens with zero attached hydrogens (tertiary/aromatic N) is 2. The molecule has 3 aliphatic heterocycles. The molecule has 7 nitrogen and oxygen atoms in total. The van der Waals surface area contributed by atoms with E-state index in [0.717, 1.165) is 43.6 Å². The van der Waals surface area contributed by atoms with E-state index in [0.29, 0.717) is 25.1 Å². The van der Waals surface area contributed by atoms with Crippen molar-refractivity contribution in [2.45, 2.75) is 51.7 Å². The molecule has 3 N–H and O–H groups in total. The first kappa shape index (κ1) is 19.1. The Labute approximate surface area is 165 Å². The van der Waals surface area contributed by atoms with Gasteiger partial charge < -0.3 is 10.6 Å². The summed E-state index contributed by atoms with van der Waals surface area (Å²) in [6.07, 6.45) is 2.94. The average Bonchev–Trinajstić information content (AvgIpc) is 3.00. The van der Waals surface area contributed by atoms with E-state index in [1.807, 2.05) is 12.1 Å². The molecule has 2 saturated heterocycles. The second-order valence-electron chi connectivity index (χ2n) is 8.67. The highest BCUT2D eigenvalue weighted by molar-refractivity contribution is 6.05. The topological polar surface area (TPSA) is 95.7 Å². The van der Waals surface area contributed by atoms with Crippen molar-refractivity contribution in [1.29, 1.82) is 0 Å². The molecule has 0 radical (unpaired) electrons. The molecule has 2 unspecified atom stereocenters. The van der Waals surface area contributed by atoms with E-state index in [-0.39, 0.29) is 29.6 Å². The average molecular weight is 384 g/mol. The third-order valence-electron chi connectivity index (χ3n) is 6.43. The lowest BCUT2D eigenvalue weighted by Gasteiger charge is -2.40. The zero-order valence-electron chi connectivity index (χ0n) is 16.4. The van der Waals surface area contributed by atoms with E-state index < -0.39 is 6.04 Å². The van der Waals surface area contributed by atoms with E-state index in [9.17, 15) is 14.4 Å². The maximum absolute atomic E-state index is 12.9. The number of benzene rings is 1. The second kappa shape index (κ2) is 7.29. The summed E-state index contributed by atoms with van der Waals surface area (Å²) in [6.45, 7) is 6.12. The highest BCUT2D eigenvalue weighted by atomic mass is 16.2. The number of hydrogen-bond donors (Lipinski definition) is 2. The number of carbonyl (C=O) groups is 3. The Morgan fingerprint density at radius 1 is 1.29 bits per heavy atom. The Morgan fingerprint density at radius 3 is 2.86 bits per heavy atom. The molecule has 7 heteroatoms. The van der Waals surface area contributed by atoms with Crippen molar-refractivity contribution in [3.8, 4) is 0 Å². The van der Waals surface area contributed by atoms with Gasteiger partial charge in [0.05, 0.1) is 0 Å². The fourth-order valence-electron chi connectivity index (χ4n) is 4.77. The van der Waals surface area contributed by atoms with Crippen molar-refractivity contribution in [1.82, 2.24) is 15.1 Å². The maximum atomic E-state index is 12.9. The number of imide groups is 1. The molecule has 150 valence electrons. The summed E-state index contributed by atoms with van der Waals surface area (Å²) in [6, 6.07) is 5.27. The zero-order valence-corrected chi connectivity index (χ0v) is 16.4. The van der Waals surface area contributed by atoms with Gasteiger partial charge in [0.2, 0.25) is 11.8 Å². The first-order chi connectivity index (χ1) is 13.4. The molecule has 0 spiro atoms. The predicted octanol–water partition coefficient (Wildman–Crippen LogP) is 1.01. The first-order valence-electron chi connectivity index (χ1n) is 10.1. The monoisotopic (exact) mass is 384 g/mol. The van der Waals surface area contributed by atoms with E-state index in [1.165, 1.54) is 0 Å². The minimum Gasteiger partial charge on any atom is -0.330 e. The third kappa shape index (κ3) is 3.44. The number of nitrogens with one attached hydrogen (secondary N) is 1. The molecule has 0 saturated carbocycles. The van der Waals surface area contributed by atoms with Gasteiger partial charge in [-0.3, -0.25) is 24.6 Å². The van der Waals surface area contributed by atoms with Crippen molar-refractivity contribution in [2.24, 2.45) is 11.1 Å². The molecule has 1 aromatic rings. The van der Waals surface area contributed by atoms with Gasteiger partial charge in [0, 0.05) is 31.6 Å². The number of nitrogens with two attached hydrogens (primary N) is 1. The largest absolute Gasteiger partial charge is 0.330 e. The molecular weight excluding hydrogens is 356 g/mol. The van der Waals surface area contributed by atoms with E-state index >= 15 is 0 Å². The summed E-state index contributed by atoms with van der Waals surface area (Å²) in [5, 5.41) is 2.36. The molecule has 4 rings (SSSR count). The second-order valence-corrected chi connectivity index (χ2v) is 8.67. The lowest BCUT2D eigenvalue weighted by molar-refractivity contribution is -0.136. The Morgan fingerprint density at radius 2 is 2.11 bits per heavy atom. The highest BCUT2D eigenvalue weighted by Gasteiger charge is 2.40. The lowest BCUT2D eigenvalue weighted by atomic mass is 9.82. The lowest BCUT2D eigenvalue weighted by Crippen LogP contribution is -2.52. The van der Waals surface area contributed by atoms with Crippen LogP contribution >= 0.6 is 0 Å². The van der Waals surface area contributed by atoms with E-state index in [4.69, 9.17) is 5.73 Å². The van der Waals surface area contributed by atoms with Crippen LogP contribution in [0.25, 0.3) is 0 Å². The molecule has 2 fully saturated rings. The van der Waals surface area contributed by atoms with Crippen molar-refractivity contribution in [3.05, 3.63) is 34.9 Å². The number of carbonyl (C=O) groups excluding carboxylic acids is 3. The number of hydrogen-bond acceptors (Lipinski definition) is 5. The number of piperidine rings is 2. The van der Waals surface area contributed by atoms with Gasteiger partial charge in [0.1, 0.15) is 6.04 Å².